The van der Waals surface area contributed by atoms with E-state index in [1.54, 1.807) is 0 Å². The molecule has 0 N–H and O–H groups in total. The molecular weight excluding hydrogens is 531 g/mol. The molecule has 3 unspecified atom stereocenters. The predicted molar refractivity (Wildman–Crippen MR) is 168 cm³/mol. The van der Waals surface area contributed by atoms with Crippen molar-refractivity contribution in [2.24, 2.45) is 5.41 Å². The summed E-state index contributed by atoms with van der Waals surface area (Å²) in [5.74, 6) is 1.05. The Labute approximate surface area is 246 Å². The zero-order chi connectivity index (χ0) is 29.4. The lowest BCUT2D eigenvalue weighted by atomic mass is 9.99. The van der Waals surface area contributed by atoms with Gasteiger partial charge in [-0.1, -0.05) is 131 Å². The Balaban J connectivity index is 4.96. The van der Waals surface area contributed by atoms with Crippen LogP contribution in [0, 0.1) is 5.41 Å². The standard InChI is InChI=1S/C31H63O6PS/c1-8-11-13-15-17-19-21-23-26-39-29(24-22-20-18-16-14-12-9-2)28(4)36-38(33,35-25-10-3)37-30(32)34-27-31(5,6)7/h28-29H,8-27H2,1-7H3. The van der Waals surface area contributed by atoms with E-state index in [2.05, 4.69) is 13.8 Å². The highest BCUT2D eigenvalue weighted by molar-refractivity contribution is 7.99. The number of phosphoric ester groups is 1. The van der Waals surface area contributed by atoms with E-state index in [9.17, 15) is 9.36 Å². The van der Waals surface area contributed by atoms with E-state index in [1.807, 2.05) is 46.4 Å². The van der Waals surface area contributed by atoms with Gasteiger partial charge in [-0.25, -0.2) is 9.36 Å². The fourth-order valence-corrected chi connectivity index (χ4v) is 6.94. The van der Waals surface area contributed by atoms with Gasteiger partial charge in [0, 0.05) is 5.25 Å². The first-order valence-electron chi connectivity index (χ1n) is 16.0. The van der Waals surface area contributed by atoms with Crippen LogP contribution < -0.4 is 0 Å². The summed E-state index contributed by atoms with van der Waals surface area (Å²) in [5, 5.41) is 0.165. The fourth-order valence-electron chi connectivity index (χ4n) is 4.17. The summed E-state index contributed by atoms with van der Waals surface area (Å²) in [6.45, 7) is 14.5. The molecule has 0 bridgehead atoms. The van der Waals surface area contributed by atoms with E-state index in [0.717, 1.165) is 18.6 Å². The molecule has 6 nitrogen and oxygen atoms in total. The molecule has 0 heterocycles. The first-order chi connectivity index (χ1) is 18.6. The van der Waals surface area contributed by atoms with Crippen LogP contribution in [0.5, 0.6) is 0 Å². The Bertz CT molecular complexity index is 625. The maximum Gasteiger partial charge on any atom is 0.534 e. The molecule has 0 radical (unpaired) electrons. The van der Waals surface area contributed by atoms with Crippen LogP contribution in [-0.4, -0.2) is 36.5 Å². The zero-order valence-corrected chi connectivity index (χ0v) is 28.3. The fraction of sp³-hybridized carbons (Fsp3) is 0.968. The minimum absolute atomic E-state index is 0.157. The van der Waals surface area contributed by atoms with Crippen molar-refractivity contribution >= 4 is 25.7 Å². The molecule has 8 heteroatoms. The molecule has 0 rings (SSSR count). The minimum atomic E-state index is -4.09. The second-order valence-corrected chi connectivity index (χ2v) is 15.0. The molecule has 0 saturated heterocycles. The van der Waals surface area contributed by atoms with Gasteiger partial charge in [-0.3, -0.25) is 9.05 Å². The van der Waals surface area contributed by atoms with Gasteiger partial charge in [0.25, 0.3) is 0 Å². The van der Waals surface area contributed by atoms with Gasteiger partial charge in [0.1, 0.15) is 0 Å². The Kier molecular flexibility index (Phi) is 24.2. The third kappa shape index (κ3) is 24.1. The Morgan fingerprint density at radius 2 is 1.28 bits per heavy atom. The maximum atomic E-state index is 13.4. The van der Waals surface area contributed by atoms with Gasteiger partial charge in [-0.15, -0.1) is 0 Å². The SMILES string of the molecule is CCCCCCCCCCSC(CCCCCCCCC)C(C)OP(=O)(OCCC)OC(=O)OCC(C)(C)C. The van der Waals surface area contributed by atoms with Crippen LogP contribution in [0.1, 0.15) is 158 Å². The smallest absolute Gasteiger partial charge is 0.433 e. The largest absolute Gasteiger partial charge is 0.534 e. The van der Waals surface area contributed by atoms with Gasteiger partial charge in [0.2, 0.25) is 0 Å². The average Bonchev–Trinajstić information content (AvgIpc) is 2.87. The number of carbonyl (C=O) groups excluding carboxylic acids is 1. The minimum Gasteiger partial charge on any atom is -0.433 e. The molecule has 0 aliphatic heterocycles. The monoisotopic (exact) mass is 594 g/mol. The molecule has 0 saturated carbocycles. The molecule has 0 aliphatic carbocycles. The van der Waals surface area contributed by atoms with E-state index >= 15 is 0 Å². The van der Waals surface area contributed by atoms with Gasteiger partial charge in [0.05, 0.1) is 19.3 Å². The van der Waals surface area contributed by atoms with Crippen LogP contribution in [-0.2, 0) is 22.9 Å². The Morgan fingerprint density at radius 1 is 0.769 bits per heavy atom. The molecule has 0 amide bonds. The van der Waals surface area contributed by atoms with Crippen molar-refractivity contribution in [3.05, 3.63) is 0 Å². The number of hydrogen-bond acceptors (Lipinski definition) is 7. The highest BCUT2D eigenvalue weighted by Crippen LogP contribution is 2.52. The molecule has 39 heavy (non-hydrogen) atoms. The molecule has 0 fully saturated rings. The number of rotatable bonds is 26. The van der Waals surface area contributed by atoms with Crippen molar-refractivity contribution in [2.45, 2.75) is 169 Å². The lowest BCUT2D eigenvalue weighted by molar-refractivity contribution is 0.0401. The van der Waals surface area contributed by atoms with Crippen molar-refractivity contribution in [3.8, 4) is 0 Å². The van der Waals surface area contributed by atoms with E-state index in [1.165, 1.54) is 89.9 Å². The van der Waals surface area contributed by atoms with Gasteiger partial charge in [-0.05, 0) is 37.4 Å². The molecule has 0 spiro atoms. The molecular formula is C31H63O6PS. The van der Waals surface area contributed by atoms with Crippen molar-refractivity contribution in [1.29, 1.82) is 0 Å². The van der Waals surface area contributed by atoms with Crippen LogP contribution in [0.3, 0.4) is 0 Å². The number of unbranched alkanes of at least 4 members (excludes halogenated alkanes) is 13. The highest BCUT2D eigenvalue weighted by Gasteiger charge is 2.37. The number of hydrogen-bond donors (Lipinski definition) is 0. The second kappa shape index (κ2) is 24.4. The average molecular weight is 595 g/mol. The first-order valence-corrected chi connectivity index (χ1v) is 18.5. The van der Waals surface area contributed by atoms with Crippen LogP contribution in [0.25, 0.3) is 0 Å². The quantitative estimate of drug-likeness (QED) is 0.0560. The van der Waals surface area contributed by atoms with Crippen LogP contribution in [0.2, 0.25) is 0 Å². The lowest BCUT2D eigenvalue weighted by Gasteiger charge is -2.27. The third-order valence-corrected chi connectivity index (χ3v) is 9.54. The van der Waals surface area contributed by atoms with E-state index in [4.69, 9.17) is 18.3 Å². The van der Waals surface area contributed by atoms with Gasteiger partial charge >= 0.3 is 14.0 Å². The molecule has 0 aliphatic rings. The third-order valence-electron chi connectivity index (χ3n) is 6.50. The van der Waals surface area contributed by atoms with Gasteiger partial charge < -0.3 is 9.26 Å². The summed E-state index contributed by atoms with van der Waals surface area (Å²) in [6.07, 6.45) is 19.4. The summed E-state index contributed by atoms with van der Waals surface area (Å²) < 4.78 is 35.2. The van der Waals surface area contributed by atoms with Crippen molar-refractivity contribution in [3.63, 3.8) is 0 Å². The van der Waals surface area contributed by atoms with E-state index < -0.39 is 14.0 Å². The molecule has 3 atom stereocenters. The van der Waals surface area contributed by atoms with Gasteiger partial charge in [0.15, 0.2) is 0 Å². The van der Waals surface area contributed by atoms with E-state index in [0.29, 0.717) is 6.42 Å². The van der Waals surface area contributed by atoms with Crippen LogP contribution in [0.4, 0.5) is 4.79 Å². The zero-order valence-electron chi connectivity index (χ0n) is 26.6. The summed E-state index contributed by atoms with van der Waals surface area (Å²) >= 11 is 1.90. The van der Waals surface area contributed by atoms with E-state index in [-0.39, 0.29) is 30.0 Å². The first kappa shape index (κ1) is 38.8. The summed E-state index contributed by atoms with van der Waals surface area (Å²) in [6, 6.07) is 0. The van der Waals surface area contributed by atoms with Crippen molar-refractivity contribution in [1.82, 2.24) is 0 Å². The second-order valence-electron chi connectivity index (χ2n) is 12.1. The van der Waals surface area contributed by atoms with Crippen molar-refractivity contribution < 1.29 is 27.7 Å². The number of carbonyl (C=O) groups is 1. The van der Waals surface area contributed by atoms with Crippen LogP contribution in [0.15, 0.2) is 0 Å². The van der Waals surface area contributed by atoms with Crippen molar-refractivity contribution in [2.75, 3.05) is 19.0 Å². The number of thioether (sulfide) groups is 1. The molecule has 234 valence electrons. The molecule has 0 aromatic rings. The number of ether oxygens (including phenoxy) is 1. The number of phosphoric acid groups is 1. The highest BCUT2D eigenvalue weighted by atomic mass is 32.2. The summed E-state index contributed by atoms with van der Waals surface area (Å²) in [7, 11) is -4.09. The topological polar surface area (TPSA) is 71.1 Å². The normalized spacial score (nSPS) is 15.1. The summed E-state index contributed by atoms with van der Waals surface area (Å²) in [5.41, 5.74) is -0.227. The Morgan fingerprint density at radius 3 is 1.79 bits per heavy atom. The van der Waals surface area contributed by atoms with Gasteiger partial charge in [-0.2, -0.15) is 11.8 Å². The summed E-state index contributed by atoms with van der Waals surface area (Å²) in [4.78, 5) is 12.3. The molecule has 0 aromatic heterocycles. The lowest BCUT2D eigenvalue weighted by Crippen LogP contribution is -2.25. The Hall–Kier alpha value is -0.230. The maximum absolute atomic E-state index is 13.4. The van der Waals surface area contributed by atoms with Crippen LogP contribution >= 0.6 is 19.6 Å². The molecule has 0 aromatic carbocycles. The predicted octanol–water partition coefficient (Wildman–Crippen LogP) is 11.5.